The predicted molar refractivity (Wildman–Crippen MR) is 81.6 cm³/mol. The highest BCUT2D eigenvalue weighted by molar-refractivity contribution is 7.18. The minimum absolute atomic E-state index is 0.680. The molecule has 2 heterocycles. The summed E-state index contributed by atoms with van der Waals surface area (Å²) in [5, 5.41) is 5.05. The quantitative estimate of drug-likeness (QED) is 0.743. The molecule has 2 aromatic heterocycles. The highest BCUT2D eigenvalue weighted by atomic mass is 35.5. The molecule has 5 heteroatoms. The minimum atomic E-state index is 0.680. The molecule has 3 aromatic rings. The van der Waals surface area contributed by atoms with Crippen molar-refractivity contribution in [3.05, 3.63) is 46.1 Å². The Kier molecular flexibility index (Phi) is 3.12. The van der Waals surface area contributed by atoms with Crippen LogP contribution in [0.3, 0.4) is 0 Å². The molecule has 0 unspecified atom stereocenters. The standard InChI is InChI=1S/C14H12ClN3S/c1-8-9(2)19-14-12(8)13(16-7-17-14)18-11-6-4-3-5-10(11)15/h3-7H,1-2H3,(H,16,17,18). The monoisotopic (exact) mass is 289 g/mol. The van der Waals surface area contributed by atoms with Gasteiger partial charge in [0.1, 0.15) is 17.0 Å². The van der Waals surface area contributed by atoms with E-state index in [-0.39, 0.29) is 0 Å². The zero-order valence-electron chi connectivity index (χ0n) is 10.6. The van der Waals surface area contributed by atoms with E-state index in [4.69, 9.17) is 11.6 Å². The average molecular weight is 290 g/mol. The van der Waals surface area contributed by atoms with Gasteiger partial charge < -0.3 is 5.32 Å². The normalized spacial score (nSPS) is 10.9. The van der Waals surface area contributed by atoms with E-state index in [1.165, 1.54) is 10.4 Å². The molecule has 3 nitrogen and oxygen atoms in total. The number of nitrogens with one attached hydrogen (secondary N) is 1. The van der Waals surface area contributed by atoms with Gasteiger partial charge in [0.15, 0.2) is 0 Å². The second-order valence-electron chi connectivity index (χ2n) is 4.29. The highest BCUT2D eigenvalue weighted by Crippen LogP contribution is 2.34. The Balaban J connectivity index is 2.13. The summed E-state index contributed by atoms with van der Waals surface area (Å²) in [5.41, 5.74) is 2.07. The van der Waals surface area contributed by atoms with E-state index >= 15 is 0 Å². The predicted octanol–water partition coefficient (Wildman–Crippen LogP) is 4.71. The largest absolute Gasteiger partial charge is 0.338 e. The molecule has 0 amide bonds. The van der Waals surface area contributed by atoms with Crippen LogP contribution in [-0.4, -0.2) is 9.97 Å². The summed E-state index contributed by atoms with van der Waals surface area (Å²) < 4.78 is 0. The number of halogens is 1. The maximum Gasteiger partial charge on any atom is 0.142 e. The van der Waals surface area contributed by atoms with Gasteiger partial charge in [-0.1, -0.05) is 23.7 Å². The molecule has 0 radical (unpaired) electrons. The zero-order chi connectivity index (χ0) is 13.4. The third-order valence-corrected chi connectivity index (χ3v) is 4.54. The summed E-state index contributed by atoms with van der Waals surface area (Å²) in [5.74, 6) is 0.806. The Bertz CT molecular complexity index is 752. The highest BCUT2D eigenvalue weighted by Gasteiger charge is 2.12. The maximum atomic E-state index is 6.17. The fraction of sp³-hybridized carbons (Fsp3) is 0.143. The topological polar surface area (TPSA) is 37.8 Å². The third kappa shape index (κ3) is 2.17. The molecule has 0 fully saturated rings. The van der Waals surface area contributed by atoms with Crippen LogP contribution in [0.5, 0.6) is 0 Å². The molecule has 3 rings (SSSR count). The number of anilines is 2. The van der Waals surface area contributed by atoms with Crippen LogP contribution in [0.25, 0.3) is 10.2 Å². The van der Waals surface area contributed by atoms with Gasteiger partial charge in [-0.05, 0) is 31.5 Å². The van der Waals surface area contributed by atoms with Crippen molar-refractivity contribution in [2.75, 3.05) is 5.32 Å². The van der Waals surface area contributed by atoms with Crippen molar-refractivity contribution < 1.29 is 0 Å². The van der Waals surface area contributed by atoms with E-state index in [2.05, 4.69) is 29.1 Å². The average Bonchev–Trinajstić information content (AvgIpc) is 2.69. The molecular formula is C14H12ClN3S. The first-order valence-corrected chi connectivity index (χ1v) is 7.08. The van der Waals surface area contributed by atoms with Crippen LogP contribution in [0.4, 0.5) is 11.5 Å². The second-order valence-corrected chi connectivity index (χ2v) is 5.90. The van der Waals surface area contributed by atoms with Crippen LogP contribution in [0.2, 0.25) is 5.02 Å². The molecule has 1 aromatic carbocycles. The smallest absolute Gasteiger partial charge is 0.142 e. The number of thiophene rings is 1. The van der Waals surface area contributed by atoms with Gasteiger partial charge in [-0.25, -0.2) is 9.97 Å². The first-order valence-electron chi connectivity index (χ1n) is 5.89. The molecule has 0 aliphatic carbocycles. The summed E-state index contributed by atoms with van der Waals surface area (Å²) in [7, 11) is 0. The van der Waals surface area contributed by atoms with Crippen LogP contribution in [0.15, 0.2) is 30.6 Å². The lowest BCUT2D eigenvalue weighted by atomic mass is 10.2. The van der Waals surface area contributed by atoms with Crippen LogP contribution >= 0.6 is 22.9 Å². The number of benzene rings is 1. The van der Waals surface area contributed by atoms with Crippen molar-refractivity contribution >= 4 is 44.7 Å². The summed E-state index contributed by atoms with van der Waals surface area (Å²) in [4.78, 5) is 10.9. The van der Waals surface area contributed by atoms with Gasteiger partial charge in [0.05, 0.1) is 16.1 Å². The molecule has 96 valence electrons. The lowest BCUT2D eigenvalue weighted by molar-refractivity contribution is 1.22. The van der Waals surface area contributed by atoms with Crippen molar-refractivity contribution in [3.63, 3.8) is 0 Å². The first-order chi connectivity index (χ1) is 9.16. The van der Waals surface area contributed by atoms with Gasteiger partial charge in [-0.2, -0.15) is 0 Å². The molecule has 0 saturated heterocycles. The zero-order valence-corrected chi connectivity index (χ0v) is 12.1. The summed E-state index contributed by atoms with van der Waals surface area (Å²) >= 11 is 7.85. The van der Waals surface area contributed by atoms with E-state index in [1.807, 2.05) is 24.3 Å². The van der Waals surface area contributed by atoms with Gasteiger partial charge in [0.2, 0.25) is 0 Å². The minimum Gasteiger partial charge on any atom is -0.338 e. The number of hydrogen-bond donors (Lipinski definition) is 1. The van der Waals surface area contributed by atoms with Gasteiger partial charge >= 0.3 is 0 Å². The second kappa shape index (κ2) is 4.79. The van der Waals surface area contributed by atoms with Crippen molar-refractivity contribution in [2.24, 2.45) is 0 Å². The number of rotatable bonds is 2. The first kappa shape index (κ1) is 12.4. The fourth-order valence-electron chi connectivity index (χ4n) is 1.97. The number of aryl methyl sites for hydroxylation is 2. The van der Waals surface area contributed by atoms with E-state index in [0.717, 1.165) is 21.7 Å². The lowest BCUT2D eigenvalue weighted by Gasteiger charge is -2.08. The molecule has 0 saturated carbocycles. The van der Waals surface area contributed by atoms with Crippen LogP contribution in [-0.2, 0) is 0 Å². The SMILES string of the molecule is Cc1sc2ncnc(Nc3ccccc3Cl)c2c1C. The molecule has 1 N–H and O–H groups in total. The number of aromatic nitrogens is 2. The van der Waals surface area contributed by atoms with Gasteiger partial charge in [0, 0.05) is 4.88 Å². The van der Waals surface area contributed by atoms with Crippen molar-refractivity contribution in [1.82, 2.24) is 9.97 Å². The summed E-state index contributed by atoms with van der Waals surface area (Å²) in [6, 6.07) is 7.64. The van der Waals surface area contributed by atoms with Crippen molar-refractivity contribution in [3.8, 4) is 0 Å². The van der Waals surface area contributed by atoms with Gasteiger partial charge in [-0.3, -0.25) is 0 Å². The molecule has 0 atom stereocenters. The third-order valence-electron chi connectivity index (χ3n) is 3.09. The van der Waals surface area contributed by atoms with Crippen LogP contribution in [0.1, 0.15) is 10.4 Å². The lowest BCUT2D eigenvalue weighted by Crippen LogP contribution is -1.96. The van der Waals surface area contributed by atoms with E-state index in [1.54, 1.807) is 17.7 Å². The molecule has 0 spiro atoms. The Labute approximate surface area is 120 Å². The van der Waals surface area contributed by atoms with Crippen LogP contribution in [0, 0.1) is 13.8 Å². The molecular weight excluding hydrogens is 278 g/mol. The molecule has 0 aliphatic rings. The summed E-state index contributed by atoms with van der Waals surface area (Å²) in [6.45, 7) is 4.19. The number of hydrogen-bond acceptors (Lipinski definition) is 4. The van der Waals surface area contributed by atoms with Crippen LogP contribution < -0.4 is 5.32 Å². The number of para-hydroxylation sites is 1. The Morgan fingerprint density at radius 2 is 1.95 bits per heavy atom. The van der Waals surface area contributed by atoms with Crippen molar-refractivity contribution in [1.29, 1.82) is 0 Å². The molecule has 0 aliphatic heterocycles. The van der Waals surface area contributed by atoms with E-state index < -0.39 is 0 Å². The number of nitrogens with zero attached hydrogens (tertiary/aromatic N) is 2. The van der Waals surface area contributed by atoms with E-state index in [0.29, 0.717) is 5.02 Å². The fourth-order valence-corrected chi connectivity index (χ4v) is 3.15. The Hall–Kier alpha value is -1.65. The van der Waals surface area contributed by atoms with Gasteiger partial charge in [0.25, 0.3) is 0 Å². The Morgan fingerprint density at radius 1 is 1.16 bits per heavy atom. The molecule has 19 heavy (non-hydrogen) atoms. The van der Waals surface area contributed by atoms with E-state index in [9.17, 15) is 0 Å². The Morgan fingerprint density at radius 3 is 2.74 bits per heavy atom. The van der Waals surface area contributed by atoms with Gasteiger partial charge in [-0.15, -0.1) is 11.3 Å². The number of fused-ring (bicyclic) bond motifs is 1. The summed E-state index contributed by atoms with van der Waals surface area (Å²) in [6.07, 6.45) is 1.58. The molecule has 0 bridgehead atoms. The maximum absolute atomic E-state index is 6.17. The van der Waals surface area contributed by atoms with Crippen molar-refractivity contribution in [2.45, 2.75) is 13.8 Å².